The predicted octanol–water partition coefficient (Wildman–Crippen LogP) is 4.39. The fraction of sp³-hybridized carbons (Fsp3) is 0.739. The first kappa shape index (κ1) is 21.8. The number of ether oxygens (including phenoxy) is 4. The van der Waals surface area contributed by atoms with Gasteiger partial charge in [-0.2, -0.15) is 0 Å². The van der Waals surface area contributed by atoms with Crippen molar-refractivity contribution in [2.24, 2.45) is 11.8 Å². The third kappa shape index (κ3) is 4.89. The van der Waals surface area contributed by atoms with Crippen molar-refractivity contribution >= 4 is 23.3 Å². The number of carbonyl (C=O) groups excluding carboxylic acids is 2. The van der Waals surface area contributed by atoms with Crippen LogP contribution in [0.15, 0.2) is 12.1 Å². The molecule has 2 saturated heterocycles. The van der Waals surface area contributed by atoms with Gasteiger partial charge in [-0.05, 0) is 65.0 Å². The van der Waals surface area contributed by atoms with Crippen molar-refractivity contribution < 1.29 is 28.5 Å². The van der Waals surface area contributed by atoms with Gasteiger partial charge in [-0.25, -0.2) is 0 Å². The van der Waals surface area contributed by atoms with E-state index in [0.29, 0.717) is 0 Å². The monoisotopic (exact) mass is 436 g/mol. The lowest BCUT2D eigenvalue weighted by Crippen LogP contribution is -2.27. The number of hydrogen-bond acceptors (Lipinski definition) is 7. The summed E-state index contributed by atoms with van der Waals surface area (Å²) in [5.41, 5.74) is -0.0615. The topological polar surface area (TPSA) is 77.7 Å². The molecule has 4 unspecified atom stereocenters. The molecule has 1 aliphatic carbocycles. The van der Waals surface area contributed by atoms with Gasteiger partial charge in [0.25, 0.3) is 0 Å². The molecule has 0 spiro atoms. The lowest BCUT2D eigenvalue weighted by atomic mass is 9.83. The maximum atomic E-state index is 12.3. The highest BCUT2D eigenvalue weighted by atomic mass is 32.1. The Balaban J connectivity index is 1.15. The molecule has 2 aliphatic heterocycles. The minimum atomic E-state index is -0.181. The van der Waals surface area contributed by atoms with Gasteiger partial charge < -0.3 is 18.9 Å². The maximum Gasteiger partial charge on any atom is 0.309 e. The Morgan fingerprint density at radius 3 is 2.50 bits per heavy atom. The van der Waals surface area contributed by atoms with Crippen LogP contribution < -0.4 is 0 Å². The summed E-state index contributed by atoms with van der Waals surface area (Å²) in [5, 5.41) is 0. The maximum absolute atomic E-state index is 12.3. The van der Waals surface area contributed by atoms with Crippen LogP contribution in [0.5, 0.6) is 0 Å². The van der Waals surface area contributed by atoms with Crippen molar-refractivity contribution in [3.05, 3.63) is 21.9 Å². The van der Waals surface area contributed by atoms with Crippen LogP contribution in [0.4, 0.5) is 0 Å². The molecule has 6 atom stereocenters. The average molecular weight is 437 g/mol. The molecule has 1 saturated carbocycles. The van der Waals surface area contributed by atoms with Crippen LogP contribution in [0.25, 0.3) is 0 Å². The van der Waals surface area contributed by atoms with Crippen molar-refractivity contribution in [2.45, 2.75) is 96.4 Å². The zero-order chi connectivity index (χ0) is 21.5. The third-order valence-electron chi connectivity index (χ3n) is 7.01. The first-order valence-electron chi connectivity index (χ1n) is 10.9. The minimum absolute atomic E-state index is 0.0103. The molecule has 3 aliphatic rings. The number of fused-ring (bicyclic) bond motifs is 1. The molecule has 166 valence electrons. The molecule has 0 N–H and O–H groups in total. The lowest BCUT2D eigenvalue weighted by Gasteiger charge is -2.20. The summed E-state index contributed by atoms with van der Waals surface area (Å²) in [7, 11) is 0. The van der Waals surface area contributed by atoms with E-state index >= 15 is 0 Å². The Morgan fingerprint density at radius 1 is 1.20 bits per heavy atom. The van der Waals surface area contributed by atoms with E-state index in [9.17, 15) is 9.59 Å². The van der Waals surface area contributed by atoms with Crippen molar-refractivity contribution in [3.8, 4) is 0 Å². The van der Waals surface area contributed by atoms with Crippen LogP contribution in [0.2, 0.25) is 0 Å². The second kappa shape index (κ2) is 8.24. The van der Waals surface area contributed by atoms with Crippen molar-refractivity contribution in [1.82, 2.24) is 0 Å². The smallest absolute Gasteiger partial charge is 0.309 e. The quantitative estimate of drug-likeness (QED) is 0.422. The Morgan fingerprint density at radius 2 is 1.87 bits per heavy atom. The van der Waals surface area contributed by atoms with Crippen LogP contribution >= 0.6 is 11.3 Å². The largest absolute Gasteiger partial charge is 0.460 e. The molecule has 0 amide bonds. The van der Waals surface area contributed by atoms with E-state index in [1.165, 1.54) is 11.3 Å². The van der Waals surface area contributed by atoms with Crippen molar-refractivity contribution in [1.29, 1.82) is 0 Å². The van der Waals surface area contributed by atoms with Crippen molar-refractivity contribution in [2.75, 3.05) is 0 Å². The fourth-order valence-corrected chi connectivity index (χ4v) is 5.08. The molecule has 3 heterocycles. The molecule has 3 fully saturated rings. The van der Waals surface area contributed by atoms with E-state index in [4.69, 9.17) is 18.9 Å². The Labute approximate surface area is 182 Å². The Hall–Kier alpha value is -1.44. The first-order valence-corrected chi connectivity index (χ1v) is 11.8. The molecule has 0 aromatic carbocycles. The summed E-state index contributed by atoms with van der Waals surface area (Å²) >= 11 is 1.51. The second-order valence-corrected chi connectivity index (χ2v) is 10.7. The van der Waals surface area contributed by atoms with E-state index in [0.717, 1.165) is 41.9 Å². The van der Waals surface area contributed by atoms with Gasteiger partial charge >= 0.3 is 11.9 Å². The summed E-state index contributed by atoms with van der Waals surface area (Å²) < 4.78 is 22.2. The lowest BCUT2D eigenvalue weighted by molar-refractivity contribution is -0.151. The molecule has 1 aromatic heterocycles. The molecular weight excluding hydrogens is 404 g/mol. The van der Waals surface area contributed by atoms with Gasteiger partial charge in [-0.15, -0.1) is 11.3 Å². The van der Waals surface area contributed by atoms with E-state index in [1.54, 1.807) is 0 Å². The molecule has 7 heteroatoms. The molecule has 0 bridgehead atoms. The highest BCUT2D eigenvalue weighted by molar-refractivity contribution is 7.11. The first-order chi connectivity index (χ1) is 14.2. The molecule has 0 radical (unpaired) electrons. The summed E-state index contributed by atoms with van der Waals surface area (Å²) in [6.45, 7) is 8.68. The average Bonchev–Trinajstić information content (AvgIpc) is 3.48. The van der Waals surface area contributed by atoms with Gasteiger partial charge in [0.05, 0.1) is 35.2 Å². The number of esters is 2. The fourth-order valence-electron chi connectivity index (χ4n) is 4.23. The standard InChI is InChI=1S/C23H32O6S/c1-14(7-9-22(3)15(2)28-22)20(24)26-12-17-5-6-18(30-17)13-27-21(25)16-8-10-23(4)19(11-16)29-23/h5-6,14-16,19H,7-13H2,1-4H3/t14-,15?,16?,19?,22+,23?/m1/s1. The number of epoxide rings is 2. The summed E-state index contributed by atoms with van der Waals surface area (Å²) in [5.74, 6) is -0.518. The number of hydrogen-bond donors (Lipinski definition) is 0. The van der Waals surface area contributed by atoms with E-state index in [-0.39, 0.29) is 60.4 Å². The van der Waals surface area contributed by atoms with Crippen molar-refractivity contribution in [3.63, 3.8) is 0 Å². The second-order valence-electron chi connectivity index (χ2n) is 9.49. The Bertz CT molecular complexity index is 805. The predicted molar refractivity (Wildman–Crippen MR) is 112 cm³/mol. The normalized spacial score (nSPS) is 35.3. The zero-order valence-corrected chi connectivity index (χ0v) is 19.1. The van der Waals surface area contributed by atoms with Crippen LogP contribution in [-0.4, -0.2) is 35.3 Å². The van der Waals surface area contributed by atoms with Crippen LogP contribution in [-0.2, 0) is 41.8 Å². The summed E-state index contributed by atoms with van der Waals surface area (Å²) in [4.78, 5) is 26.5. The van der Waals surface area contributed by atoms with Gasteiger partial charge in [0.2, 0.25) is 0 Å². The number of thiophene rings is 1. The SMILES string of the molecule is CC1O[C@@]1(C)CC[C@@H](C)C(=O)OCc1ccc(COC(=O)C2CCC3(C)OC3C2)s1. The number of rotatable bonds is 9. The summed E-state index contributed by atoms with van der Waals surface area (Å²) in [6.07, 6.45) is 4.65. The van der Waals surface area contributed by atoms with E-state index < -0.39 is 0 Å². The van der Waals surface area contributed by atoms with Gasteiger partial charge in [0.1, 0.15) is 13.2 Å². The third-order valence-corrected chi connectivity index (χ3v) is 8.04. The van der Waals surface area contributed by atoms with Gasteiger partial charge in [0.15, 0.2) is 0 Å². The van der Waals surface area contributed by atoms with E-state index in [1.807, 2.05) is 19.1 Å². The highest BCUT2D eigenvalue weighted by Crippen LogP contribution is 2.49. The summed E-state index contributed by atoms with van der Waals surface area (Å²) in [6, 6.07) is 3.86. The van der Waals surface area contributed by atoms with E-state index in [2.05, 4.69) is 20.8 Å². The Kier molecular flexibility index (Phi) is 5.99. The molecule has 6 nitrogen and oxygen atoms in total. The zero-order valence-electron chi connectivity index (χ0n) is 18.3. The minimum Gasteiger partial charge on any atom is -0.460 e. The highest BCUT2D eigenvalue weighted by Gasteiger charge is 2.56. The molecular formula is C23H32O6S. The molecule has 4 rings (SSSR count). The van der Waals surface area contributed by atoms with Gasteiger partial charge in [0, 0.05) is 9.75 Å². The number of carbonyl (C=O) groups is 2. The van der Waals surface area contributed by atoms with Crippen LogP contribution in [0.1, 0.15) is 69.6 Å². The van der Waals surface area contributed by atoms with Crippen LogP contribution in [0.3, 0.4) is 0 Å². The molecule has 1 aromatic rings. The van der Waals surface area contributed by atoms with Gasteiger partial charge in [-0.3, -0.25) is 9.59 Å². The van der Waals surface area contributed by atoms with Crippen LogP contribution in [0, 0.1) is 11.8 Å². The molecule has 30 heavy (non-hydrogen) atoms. The van der Waals surface area contributed by atoms with Gasteiger partial charge in [-0.1, -0.05) is 6.92 Å².